The maximum Gasteiger partial charge on any atom is 0.187 e. The number of ether oxygens (including phenoxy) is 8. The van der Waals surface area contributed by atoms with Crippen molar-refractivity contribution in [3.63, 3.8) is 0 Å². The van der Waals surface area contributed by atoms with E-state index in [1.54, 1.807) is 19.1 Å². The largest absolute Gasteiger partial charge is 0.394 e. The van der Waals surface area contributed by atoms with E-state index in [4.69, 9.17) is 37.9 Å². The van der Waals surface area contributed by atoms with Crippen LogP contribution in [-0.2, 0) is 37.9 Å². The molecular formula is C26H44O16. The van der Waals surface area contributed by atoms with Crippen molar-refractivity contribution in [3.05, 3.63) is 12.2 Å². The van der Waals surface area contributed by atoms with Crippen LogP contribution in [0.1, 0.15) is 26.7 Å². The molecule has 4 saturated heterocycles. The highest BCUT2D eigenvalue weighted by molar-refractivity contribution is 4.97. The van der Waals surface area contributed by atoms with Crippen molar-refractivity contribution in [2.45, 2.75) is 125 Å². The van der Waals surface area contributed by atoms with Gasteiger partial charge in [-0.15, -0.1) is 0 Å². The standard InChI is InChI=1S/C26H44O16/c1-3-5-7-35-24-18(32)15(29)21(11(8-27)37-24)41-25-19(33)16(30)22(12(9-28)38-25)42-26-20(34)17(31)23-13(39-26)10-36-14(40-23)6-4-2/h3,5,11-34H,4,6-10H2,1-2H3/t11?,12?,13?,14?,15-,16-,17-,18?,19?,20?,21-,22-,23-,24+,25-,26-/m0/s1. The van der Waals surface area contributed by atoms with E-state index in [2.05, 4.69) is 0 Å². The summed E-state index contributed by atoms with van der Waals surface area (Å²) in [4.78, 5) is 0. The fourth-order valence-electron chi connectivity index (χ4n) is 5.37. The molecule has 0 aliphatic carbocycles. The first-order chi connectivity index (χ1) is 20.1. The Labute approximate surface area is 242 Å². The molecule has 0 radical (unpaired) electrons. The van der Waals surface area contributed by atoms with Crippen molar-refractivity contribution in [1.29, 1.82) is 0 Å². The summed E-state index contributed by atoms with van der Waals surface area (Å²) >= 11 is 0. The molecule has 0 aromatic rings. The first kappa shape index (κ1) is 34.0. The van der Waals surface area contributed by atoms with Gasteiger partial charge in [-0.3, -0.25) is 0 Å². The van der Waals surface area contributed by atoms with Crippen LogP contribution in [0.15, 0.2) is 12.2 Å². The van der Waals surface area contributed by atoms with E-state index in [9.17, 15) is 40.9 Å². The lowest BCUT2D eigenvalue weighted by molar-refractivity contribution is -0.392. The number of aliphatic hydroxyl groups excluding tert-OH is 8. The van der Waals surface area contributed by atoms with Gasteiger partial charge in [-0.25, -0.2) is 0 Å². The second-order valence-corrected chi connectivity index (χ2v) is 10.7. The van der Waals surface area contributed by atoms with Gasteiger partial charge < -0.3 is 78.7 Å². The van der Waals surface area contributed by atoms with E-state index >= 15 is 0 Å². The van der Waals surface area contributed by atoms with E-state index in [1.807, 2.05) is 6.92 Å². The summed E-state index contributed by atoms with van der Waals surface area (Å²) in [5, 5.41) is 84.2. The number of fused-ring (bicyclic) bond motifs is 1. The lowest BCUT2D eigenvalue weighted by atomic mass is 9.95. The van der Waals surface area contributed by atoms with Crippen molar-refractivity contribution in [2.24, 2.45) is 0 Å². The van der Waals surface area contributed by atoms with E-state index in [0.29, 0.717) is 6.42 Å². The van der Waals surface area contributed by atoms with Crippen molar-refractivity contribution in [2.75, 3.05) is 26.4 Å². The molecule has 16 nitrogen and oxygen atoms in total. The lowest BCUT2D eigenvalue weighted by Gasteiger charge is -2.49. The molecule has 0 aromatic carbocycles. The fraction of sp³-hybridized carbons (Fsp3) is 0.923. The Hall–Kier alpha value is -0.900. The molecule has 16 atom stereocenters. The van der Waals surface area contributed by atoms with Crippen molar-refractivity contribution in [1.82, 2.24) is 0 Å². The second kappa shape index (κ2) is 15.4. The van der Waals surface area contributed by atoms with Crippen molar-refractivity contribution in [3.8, 4) is 0 Å². The molecule has 0 saturated carbocycles. The number of allylic oxidation sites excluding steroid dienone is 1. The molecule has 7 unspecified atom stereocenters. The molecule has 42 heavy (non-hydrogen) atoms. The average molecular weight is 613 g/mol. The normalized spacial score (nSPS) is 48.3. The summed E-state index contributed by atoms with van der Waals surface area (Å²) in [5.41, 5.74) is 0. The Morgan fingerprint density at radius 2 is 1.26 bits per heavy atom. The molecule has 4 aliphatic rings. The van der Waals surface area contributed by atoms with Gasteiger partial charge in [-0.05, 0) is 13.3 Å². The summed E-state index contributed by atoms with van der Waals surface area (Å²) in [6, 6.07) is 0. The zero-order chi connectivity index (χ0) is 30.6. The highest BCUT2D eigenvalue weighted by Crippen LogP contribution is 2.34. The van der Waals surface area contributed by atoms with Crippen LogP contribution in [-0.4, -0.2) is 166 Å². The fourth-order valence-corrected chi connectivity index (χ4v) is 5.37. The smallest absolute Gasteiger partial charge is 0.187 e. The van der Waals surface area contributed by atoms with E-state index in [0.717, 1.165) is 6.42 Å². The molecule has 16 heteroatoms. The van der Waals surface area contributed by atoms with E-state index in [1.165, 1.54) is 0 Å². The SMILES string of the molecule is CC=CCO[C@@H]1OC(CO)[C@H](O[C@@H]2OC(CO)[C@H](O[C@@H]3OC4COC(CCC)O[C@@H]4[C@@H](O)C3O)[C@@H](O)C2O)[C@@H](O)C1O. The number of hydrogen-bond acceptors (Lipinski definition) is 16. The summed E-state index contributed by atoms with van der Waals surface area (Å²) in [5.74, 6) is 0. The van der Waals surface area contributed by atoms with Gasteiger partial charge in [0.1, 0.15) is 73.2 Å². The van der Waals surface area contributed by atoms with Crippen LogP contribution < -0.4 is 0 Å². The van der Waals surface area contributed by atoms with Gasteiger partial charge in [-0.2, -0.15) is 0 Å². The summed E-state index contributed by atoms with van der Waals surface area (Å²) < 4.78 is 45.0. The molecule has 4 heterocycles. The molecule has 244 valence electrons. The maximum atomic E-state index is 10.9. The predicted octanol–water partition coefficient (Wildman–Crippen LogP) is -3.78. The van der Waals surface area contributed by atoms with Gasteiger partial charge in [-0.1, -0.05) is 25.5 Å². The summed E-state index contributed by atoms with van der Waals surface area (Å²) in [7, 11) is 0. The zero-order valence-electron chi connectivity index (χ0n) is 23.5. The Morgan fingerprint density at radius 3 is 1.83 bits per heavy atom. The molecule has 4 rings (SSSR count). The average Bonchev–Trinajstić information content (AvgIpc) is 2.99. The third kappa shape index (κ3) is 7.31. The van der Waals surface area contributed by atoms with Crippen LogP contribution in [0.2, 0.25) is 0 Å². The predicted molar refractivity (Wildman–Crippen MR) is 136 cm³/mol. The molecule has 0 aromatic heterocycles. The summed E-state index contributed by atoms with van der Waals surface area (Å²) in [6.45, 7) is 2.43. The minimum atomic E-state index is -1.83. The number of rotatable bonds is 11. The van der Waals surface area contributed by atoms with Crippen LogP contribution >= 0.6 is 0 Å². The Balaban J connectivity index is 1.40. The van der Waals surface area contributed by atoms with Crippen LogP contribution in [0.3, 0.4) is 0 Å². The van der Waals surface area contributed by atoms with Crippen LogP contribution in [0.4, 0.5) is 0 Å². The minimum absolute atomic E-state index is 0.0511. The molecular weight excluding hydrogens is 568 g/mol. The third-order valence-electron chi connectivity index (χ3n) is 7.74. The number of aliphatic hydroxyl groups is 8. The molecule has 0 bridgehead atoms. The van der Waals surface area contributed by atoms with Gasteiger partial charge in [0.25, 0.3) is 0 Å². The second-order valence-electron chi connectivity index (χ2n) is 10.7. The van der Waals surface area contributed by atoms with Crippen molar-refractivity contribution >= 4 is 0 Å². The van der Waals surface area contributed by atoms with Gasteiger partial charge >= 0.3 is 0 Å². The van der Waals surface area contributed by atoms with Gasteiger partial charge in [0.05, 0.1) is 26.4 Å². The van der Waals surface area contributed by atoms with Crippen LogP contribution in [0.5, 0.6) is 0 Å². The minimum Gasteiger partial charge on any atom is -0.394 e. The van der Waals surface area contributed by atoms with E-state index in [-0.39, 0.29) is 13.2 Å². The molecule has 4 fully saturated rings. The molecule has 0 amide bonds. The molecule has 8 N–H and O–H groups in total. The van der Waals surface area contributed by atoms with Crippen LogP contribution in [0, 0.1) is 0 Å². The highest BCUT2D eigenvalue weighted by Gasteiger charge is 2.54. The Kier molecular flexibility index (Phi) is 12.5. The quantitative estimate of drug-likeness (QED) is 0.105. The maximum absolute atomic E-state index is 10.9. The molecule has 4 aliphatic heterocycles. The topological polar surface area (TPSA) is 236 Å². The monoisotopic (exact) mass is 612 g/mol. The zero-order valence-corrected chi connectivity index (χ0v) is 23.5. The van der Waals surface area contributed by atoms with Gasteiger partial charge in [0.15, 0.2) is 25.2 Å². The Morgan fingerprint density at radius 1 is 0.714 bits per heavy atom. The van der Waals surface area contributed by atoms with Gasteiger partial charge in [0, 0.05) is 0 Å². The van der Waals surface area contributed by atoms with E-state index < -0.39 is 112 Å². The first-order valence-corrected chi connectivity index (χ1v) is 14.2. The highest BCUT2D eigenvalue weighted by atomic mass is 16.8. The Bertz CT molecular complexity index is 843. The lowest BCUT2D eigenvalue weighted by Crippen LogP contribution is -2.67. The first-order valence-electron chi connectivity index (χ1n) is 14.2. The number of hydrogen-bond donors (Lipinski definition) is 8. The van der Waals surface area contributed by atoms with Gasteiger partial charge in [0.2, 0.25) is 0 Å². The van der Waals surface area contributed by atoms with Crippen LogP contribution in [0.25, 0.3) is 0 Å². The van der Waals surface area contributed by atoms with Crippen molar-refractivity contribution < 1.29 is 78.7 Å². The molecule has 0 spiro atoms. The third-order valence-corrected chi connectivity index (χ3v) is 7.74. The summed E-state index contributed by atoms with van der Waals surface area (Å²) in [6.07, 6.45) is -17.4.